The fraction of sp³-hybridized carbons (Fsp3) is 0.294. The van der Waals surface area contributed by atoms with Crippen molar-refractivity contribution < 1.29 is 23.8 Å². The van der Waals surface area contributed by atoms with Crippen molar-refractivity contribution in [3.8, 4) is 0 Å². The second-order valence-corrected chi connectivity index (χ2v) is 5.39. The van der Waals surface area contributed by atoms with Gasteiger partial charge in [-0.1, -0.05) is 29.8 Å². The van der Waals surface area contributed by atoms with Crippen LogP contribution >= 0.6 is 11.6 Å². The Morgan fingerprint density at radius 2 is 1.48 bits per heavy atom. The summed E-state index contributed by atoms with van der Waals surface area (Å²) in [5.74, 6) is -1.14. The molecule has 23 heavy (non-hydrogen) atoms. The fourth-order valence-corrected chi connectivity index (χ4v) is 2.90. The number of methoxy groups -OCH3 is 2. The summed E-state index contributed by atoms with van der Waals surface area (Å²) in [5, 5.41) is 0.433. The fourth-order valence-electron chi connectivity index (χ4n) is 2.65. The quantitative estimate of drug-likeness (QED) is 0.792. The molecule has 1 heterocycles. The molecule has 0 fully saturated rings. The molecule has 1 aromatic carbocycles. The molecule has 0 amide bonds. The number of carbonyl (C=O) groups excluding carboxylic acids is 2. The molecule has 0 atom stereocenters. The van der Waals surface area contributed by atoms with E-state index in [1.165, 1.54) is 14.2 Å². The van der Waals surface area contributed by atoms with Gasteiger partial charge in [-0.2, -0.15) is 0 Å². The molecule has 2 rings (SSSR count). The predicted molar refractivity (Wildman–Crippen MR) is 84.7 cm³/mol. The maximum absolute atomic E-state index is 12.3. The zero-order chi connectivity index (χ0) is 17.1. The second-order valence-electron chi connectivity index (χ2n) is 4.98. The lowest BCUT2D eigenvalue weighted by Crippen LogP contribution is -2.27. The number of hydrogen-bond donors (Lipinski definition) is 0. The van der Waals surface area contributed by atoms with Crippen LogP contribution in [-0.4, -0.2) is 26.2 Å². The summed E-state index contributed by atoms with van der Waals surface area (Å²) in [7, 11) is 2.55. The summed E-state index contributed by atoms with van der Waals surface area (Å²) in [5.41, 5.74) is 1.06. The van der Waals surface area contributed by atoms with E-state index in [1.54, 1.807) is 38.1 Å². The average Bonchev–Trinajstić information content (AvgIpc) is 2.53. The topological polar surface area (TPSA) is 61.8 Å². The highest BCUT2D eigenvalue weighted by Gasteiger charge is 2.39. The summed E-state index contributed by atoms with van der Waals surface area (Å²) < 4.78 is 15.3. The Kier molecular flexibility index (Phi) is 5.11. The zero-order valence-electron chi connectivity index (χ0n) is 13.3. The summed E-state index contributed by atoms with van der Waals surface area (Å²) >= 11 is 6.29. The number of rotatable bonds is 3. The molecule has 0 saturated heterocycles. The van der Waals surface area contributed by atoms with E-state index in [1.807, 2.05) is 0 Å². The standard InChI is InChI=1S/C17H17ClO5/c1-9-13(16(19)21-3)15(11-7-5-6-8-12(11)18)14(10(2)23-9)17(20)22-4/h5-8,15H,1-4H3. The zero-order valence-corrected chi connectivity index (χ0v) is 14.1. The largest absolute Gasteiger partial charge is 0.466 e. The number of halogens is 1. The maximum atomic E-state index is 12.3. The van der Waals surface area contributed by atoms with Gasteiger partial charge in [-0.25, -0.2) is 9.59 Å². The highest BCUT2D eigenvalue weighted by Crippen LogP contribution is 2.43. The Hall–Kier alpha value is -2.27. The van der Waals surface area contributed by atoms with Crippen molar-refractivity contribution >= 4 is 23.5 Å². The van der Waals surface area contributed by atoms with Crippen LogP contribution in [-0.2, 0) is 23.8 Å². The van der Waals surface area contributed by atoms with Crippen LogP contribution < -0.4 is 0 Å². The Morgan fingerprint density at radius 1 is 1.00 bits per heavy atom. The molecule has 0 unspecified atom stereocenters. The molecule has 6 heteroatoms. The van der Waals surface area contributed by atoms with Crippen LogP contribution in [0, 0.1) is 0 Å². The van der Waals surface area contributed by atoms with Crippen molar-refractivity contribution in [3.63, 3.8) is 0 Å². The van der Waals surface area contributed by atoms with E-state index in [0.29, 0.717) is 22.1 Å². The van der Waals surface area contributed by atoms with Gasteiger partial charge in [0.15, 0.2) is 0 Å². The van der Waals surface area contributed by atoms with E-state index in [-0.39, 0.29) is 11.1 Å². The van der Waals surface area contributed by atoms with Crippen LogP contribution in [0.25, 0.3) is 0 Å². The molecular formula is C17H17ClO5. The highest BCUT2D eigenvalue weighted by molar-refractivity contribution is 6.31. The predicted octanol–water partition coefficient (Wildman–Crippen LogP) is 3.35. The minimum atomic E-state index is -0.711. The molecule has 122 valence electrons. The van der Waals surface area contributed by atoms with E-state index >= 15 is 0 Å². The molecule has 1 aliphatic rings. The smallest absolute Gasteiger partial charge is 0.338 e. The van der Waals surface area contributed by atoms with Crippen LogP contribution in [0.2, 0.25) is 5.02 Å². The second kappa shape index (κ2) is 6.87. The summed E-state index contributed by atoms with van der Waals surface area (Å²) in [6, 6.07) is 7.00. The Balaban J connectivity index is 2.73. The molecule has 0 N–H and O–H groups in total. The van der Waals surface area contributed by atoms with Gasteiger partial charge in [0.2, 0.25) is 0 Å². The van der Waals surface area contributed by atoms with Crippen molar-refractivity contribution in [2.45, 2.75) is 19.8 Å². The number of benzene rings is 1. The van der Waals surface area contributed by atoms with Gasteiger partial charge in [-0.3, -0.25) is 0 Å². The van der Waals surface area contributed by atoms with Crippen molar-refractivity contribution in [3.05, 3.63) is 57.5 Å². The number of esters is 2. The van der Waals surface area contributed by atoms with E-state index < -0.39 is 17.9 Å². The lowest BCUT2D eigenvalue weighted by Gasteiger charge is -2.29. The first-order valence-corrected chi connectivity index (χ1v) is 7.30. The molecule has 0 bridgehead atoms. The molecule has 1 aliphatic heterocycles. The lowest BCUT2D eigenvalue weighted by molar-refractivity contribution is -0.137. The van der Waals surface area contributed by atoms with Gasteiger partial charge in [0.05, 0.1) is 31.3 Å². The van der Waals surface area contributed by atoms with Gasteiger partial charge >= 0.3 is 11.9 Å². The van der Waals surface area contributed by atoms with Gasteiger partial charge < -0.3 is 14.2 Å². The monoisotopic (exact) mass is 336 g/mol. The van der Waals surface area contributed by atoms with Crippen LogP contribution in [0.5, 0.6) is 0 Å². The van der Waals surface area contributed by atoms with Gasteiger partial charge in [0.25, 0.3) is 0 Å². The molecule has 1 aromatic rings. The van der Waals surface area contributed by atoms with Crippen LogP contribution in [0.15, 0.2) is 46.9 Å². The maximum Gasteiger partial charge on any atom is 0.338 e. The van der Waals surface area contributed by atoms with Crippen LogP contribution in [0.3, 0.4) is 0 Å². The first-order valence-electron chi connectivity index (χ1n) is 6.92. The van der Waals surface area contributed by atoms with Gasteiger partial charge in [-0.05, 0) is 25.5 Å². The minimum absolute atomic E-state index is 0.228. The molecular weight excluding hydrogens is 320 g/mol. The molecule has 0 aliphatic carbocycles. The normalized spacial score (nSPS) is 15.3. The van der Waals surface area contributed by atoms with Gasteiger partial charge in [-0.15, -0.1) is 0 Å². The van der Waals surface area contributed by atoms with Gasteiger partial charge in [0, 0.05) is 5.02 Å². The lowest BCUT2D eigenvalue weighted by atomic mass is 9.81. The van der Waals surface area contributed by atoms with E-state index in [0.717, 1.165) is 0 Å². The average molecular weight is 337 g/mol. The Bertz CT molecular complexity index is 679. The van der Waals surface area contributed by atoms with E-state index in [4.69, 9.17) is 25.8 Å². The third-order valence-electron chi connectivity index (χ3n) is 3.67. The third kappa shape index (κ3) is 3.10. The van der Waals surface area contributed by atoms with Crippen molar-refractivity contribution in [2.24, 2.45) is 0 Å². The summed E-state index contributed by atoms with van der Waals surface area (Å²) in [6.07, 6.45) is 0. The van der Waals surface area contributed by atoms with Crippen LogP contribution in [0.1, 0.15) is 25.3 Å². The van der Waals surface area contributed by atoms with Crippen molar-refractivity contribution in [2.75, 3.05) is 14.2 Å². The Morgan fingerprint density at radius 3 is 1.91 bits per heavy atom. The van der Waals surface area contributed by atoms with E-state index in [2.05, 4.69) is 0 Å². The van der Waals surface area contributed by atoms with Crippen molar-refractivity contribution in [1.82, 2.24) is 0 Å². The Labute approximate surface area is 139 Å². The SMILES string of the molecule is COC(=O)C1=C(C)OC(C)=C(C(=O)OC)C1c1ccccc1Cl. The first-order chi connectivity index (χ1) is 10.9. The summed E-state index contributed by atoms with van der Waals surface area (Å²) in [6.45, 7) is 3.29. The number of carbonyl (C=O) groups is 2. The molecule has 0 radical (unpaired) electrons. The molecule has 0 spiro atoms. The van der Waals surface area contributed by atoms with Crippen molar-refractivity contribution in [1.29, 1.82) is 0 Å². The third-order valence-corrected chi connectivity index (χ3v) is 4.01. The minimum Gasteiger partial charge on any atom is -0.466 e. The molecule has 5 nitrogen and oxygen atoms in total. The molecule has 0 saturated carbocycles. The first kappa shape index (κ1) is 17.1. The number of ether oxygens (including phenoxy) is 3. The van der Waals surface area contributed by atoms with E-state index in [9.17, 15) is 9.59 Å². The number of hydrogen-bond acceptors (Lipinski definition) is 5. The summed E-state index contributed by atoms with van der Waals surface area (Å²) in [4.78, 5) is 24.5. The molecule has 0 aromatic heterocycles. The number of allylic oxidation sites excluding steroid dienone is 2. The van der Waals surface area contributed by atoms with Crippen LogP contribution in [0.4, 0.5) is 0 Å². The van der Waals surface area contributed by atoms with Gasteiger partial charge in [0.1, 0.15) is 11.5 Å². The highest BCUT2D eigenvalue weighted by atomic mass is 35.5.